The number of H-pyrrole nitrogens is 1. The van der Waals surface area contributed by atoms with Crippen molar-refractivity contribution in [2.24, 2.45) is 5.14 Å². The Kier molecular flexibility index (Phi) is 3.30. The Hall–Kier alpha value is -2.52. The molecule has 3 heterocycles. The van der Waals surface area contributed by atoms with Gasteiger partial charge in [-0.05, 0) is 31.5 Å². The number of sulfonamides is 1. The highest BCUT2D eigenvalue weighted by molar-refractivity contribution is 7.89. The summed E-state index contributed by atoms with van der Waals surface area (Å²) >= 11 is 0. The molecule has 9 heteroatoms. The summed E-state index contributed by atoms with van der Waals surface area (Å²) in [5.74, 6) is 0.803. The molecule has 0 fully saturated rings. The first kappa shape index (κ1) is 14.4. The van der Waals surface area contributed by atoms with E-state index in [1.165, 1.54) is 18.3 Å². The van der Waals surface area contributed by atoms with Gasteiger partial charge in [-0.25, -0.2) is 23.5 Å². The number of pyridine rings is 1. The quantitative estimate of drug-likeness (QED) is 0.669. The highest BCUT2D eigenvalue weighted by Crippen LogP contribution is 2.21. The van der Waals surface area contributed by atoms with Gasteiger partial charge in [0.05, 0.1) is 5.69 Å². The maximum atomic E-state index is 11.2. The van der Waals surface area contributed by atoms with Crippen LogP contribution in [0.3, 0.4) is 0 Å². The van der Waals surface area contributed by atoms with Gasteiger partial charge in [0.1, 0.15) is 16.4 Å². The average molecular weight is 318 g/mol. The number of aryl methyl sites for hydroxylation is 2. The number of anilines is 2. The highest BCUT2D eigenvalue weighted by Gasteiger charge is 2.10. The maximum absolute atomic E-state index is 11.2. The number of nitrogens with zero attached hydrogens (tertiary/aromatic N) is 3. The van der Waals surface area contributed by atoms with Gasteiger partial charge in [0, 0.05) is 17.8 Å². The van der Waals surface area contributed by atoms with Crippen molar-refractivity contribution in [1.82, 2.24) is 19.9 Å². The van der Waals surface area contributed by atoms with Gasteiger partial charge in [-0.3, -0.25) is 0 Å². The molecule has 3 aromatic heterocycles. The van der Waals surface area contributed by atoms with Gasteiger partial charge < -0.3 is 10.3 Å². The third kappa shape index (κ3) is 2.63. The first-order chi connectivity index (χ1) is 10.3. The smallest absolute Gasteiger partial charge is 0.239 e. The third-order valence-electron chi connectivity index (χ3n) is 3.21. The lowest BCUT2D eigenvalue weighted by atomic mass is 10.2. The van der Waals surface area contributed by atoms with Crippen LogP contribution in [-0.4, -0.2) is 28.4 Å². The maximum Gasteiger partial charge on any atom is 0.239 e. The summed E-state index contributed by atoms with van der Waals surface area (Å²) in [6.07, 6.45) is 3.05. The second-order valence-electron chi connectivity index (χ2n) is 4.88. The average Bonchev–Trinajstić information content (AvgIpc) is 2.80. The summed E-state index contributed by atoms with van der Waals surface area (Å²) in [6, 6.07) is 2.87. The van der Waals surface area contributed by atoms with Crippen LogP contribution >= 0.6 is 0 Å². The van der Waals surface area contributed by atoms with Crippen molar-refractivity contribution in [2.75, 3.05) is 5.32 Å². The Balaban J connectivity index is 1.93. The minimum atomic E-state index is -3.75. The number of nitrogens with two attached hydrogens (primary N) is 1. The van der Waals surface area contributed by atoms with Gasteiger partial charge in [0.25, 0.3) is 0 Å². The number of hydrogen-bond acceptors (Lipinski definition) is 6. The third-order valence-corrected chi connectivity index (χ3v) is 4.11. The van der Waals surface area contributed by atoms with Gasteiger partial charge in [-0.1, -0.05) is 0 Å². The summed E-state index contributed by atoms with van der Waals surface area (Å²) in [5, 5.41) is 8.95. The molecule has 3 aromatic rings. The lowest BCUT2D eigenvalue weighted by molar-refractivity contribution is 0.597. The predicted molar refractivity (Wildman–Crippen MR) is 82.3 cm³/mol. The second-order valence-corrected chi connectivity index (χ2v) is 6.44. The molecule has 8 nitrogen and oxygen atoms in total. The van der Waals surface area contributed by atoms with E-state index < -0.39 is 10.0 Å². The van der Waals surface area contributed by atoms with Crippen molar-refractivity contribution in [3.8, 4) is 0 Å². The Morgan fingerprint density at radius 2 is 2.00 bits per heavy atom. The minimum Gasteiger partial charge on any atom is -0.346 e. The van der Waals surface area contributed by atoms with E-state index in [0.29, 0.717) is 11.8 Å². The summed E-state index contributed by atoms with van der Waals surface area (Å²) in [7, 11) is -3.75. The monoisotopic (exact) mass is 318 g/mol. The van der Waals surface area contributed by atoms with Crippen LogP contribution in [0.4, 0.5) is 11.8 Å². The normalized spacial score (nSPS) is 11.8. The Morgan fingerprint density at radius 1 is 1.23 bits per heavy atom. The van der Waals surface area contributed by atoms with Crippen molar-refractivity contribution in [3.63, 3.8) is 0 Å². The van der Waals surface area contributed by atoms with Crippen LogP contribution in [0.25, 0.3) is 11.0 Å². The molecular formula is C13H14N6O2S. The van der Waals surface area contributed by atoms with E-state index in [4.69, 9.17) is 5.14 Å². The number of aromatic nitrogens is 4. The fourth-order valence-corrected chi connectivity index (χ4v) is 2.65. The summed E-state index contributed by atoms with van der Waals surface area (Å²) in [6.45, 7) is 3.88. The molecule has 0 unspecified atom stereocenters. The molecule has 0 aliphatic rings. The van der Waals surface area contributed by atoms with Crippen LogP contribution in [-0.2, 0) is 10.0 Å². The molecular weight excluding hydrogens is 304 g/mol. The lowest BCUT2D eigenvalue weighted by Crippen LogP contribution is -2.12. The van der Waals surface area contributed by atoms with E-state index in [1.807, 2.05) is 20.0 Å². The zero-order chi connectivity index (χ0) is 15.9. The zero-order valence-corrected chi connectivity index (χ0v) is 12.8. The van der Waals surface area contributed by atoms with Crippen molar-refractivity contribution in [3.05, 3.63) is 35.8 Å². The molecule has 22 heavy (non-hydrogen) atoms. The molecule has 0 saturated heterocycles. The Bertz CT molecular complexity index is 947. The first-order valence-corrected chi connectivity index (χ1v) is 7.97. The largest absolute Gasteiger partial charge is 0.346 e. The van der Waals surface area contributed by atoms with Crippen LogP contribution in [0.5, 0.6) is 0 Å². The molecule has 114 valence electrons. The van der Waals surface area contributed by atoms with Crippen LogP contribution in [0.1, 0.15) is 11.3 Å². The first-order valence-electron chi connectivity index (χ1n) is 6.43. The van der Waals surface area contributed by atoms with E-state index in [0.717, 1.165) is 22.3 Å². The molecule has 0 saturated carbocycles. The van der Waals surface area contributed by atoms with E-state index in [9.17, 15) is 8.42 Å². The van der Waals surface area contributed by atoms with Gasteiger partial charge in [-0.15, -0.1) is 0 Å². The zero-order valence-electron chi connectivity index (χ0n) is 12.0. The standard InChI is InChI=1S/C13H14N6O2S/c1-7-5-16-12-11(7)8(2)17-13(19-12)18-10-4-3-9(6-15-10)22(14,20)21/h3-6H,1-2H3,(H2,14,20,21)(H2,15,16,17,18,19). The van der Waals surface area contributed by atoms with E-state index in [-0.39, 0.29) is 4.90 Å². The molecule has 0 bridgehead atoms. The van der Waals surface area contributed by atoms with Gasteiger partial charge in [-0.2, -0.15) is 4.98 Å². The molecule has 4 N–H and O–H groups in total. The minimum absolute atomic E-state index is 0.0504. The summed E-state index contributed by atoms with van der Waals surface area (Å²) < 4.78 is 22.4. The molecule has 0 aliphatic heterocycles. The number of aromatic amines is 1. The fourth-order valence-electron chi connectivity index (χ4n) is 2.19. The fraction of sp³-hybridized carbons (Fsp3) is 0.154. The van der Waals surface area contributed by atoms with Crippen LogP contribution in [0, 0.1) is 13.8 Å². The number of fused-ring (bicyclic) bond motifs is 1. The molecule has 0 aromatic carbocycles. The highest BCUT2D eigenvalue weighted by atomic mass is 32.2. The topological polar surface area (TPSA) is 127 Å². The molecule has 0 spiro atoms. The SMILES string of the molecule is Cc1c[nH]c2nc(Nc3ccc(S(N)(=O)=O)cn3)nc(C)c12. The van der Waals surface area contributed by atoms with Crippen LogP contribution < -0.4 is 10.5 Å². The number of primary sulfonamides is 1. The van der Waals surface area contributed by atoms with Gasteiger partial charge in [0.15, 0.2) is 0 Å². The number of hydrogen-bond donors (Lipinski definition) is 3. The van der Waals surface area contributed by atoms with E-state index in [2.05, 4.69) is 25.3 Å². The number of rotatable bonds is 3. The predicted octanol–water partition coefficient (Wildman–Crippen LogP) is 1.36. The lowest BCUT2D eigenvalue weighted by Gasteiger charge is -2.06. The van der Waals surface area contributed by atoms with Gasteiger partial charge in [0.2, 0.25) is 16.0 Å². The molecule has 0 atom stereocenters. The van der Waals surface area contributed by atoms with Crippen molar-refractivity contribution in [1.29, 1.82) is 0 Å². The second kappa shape index (κ2) is 5.04. The molecule has 0 aliphatic carbocycles. The van der Waals surface area contributed by atoms with E-state index in [1.54, 1.807) is 0 Å². The molecule has 3 rings (SSSR count). The van der Waals surface area contributed by atoms with Crippen molar-refractivity contribution < 1.29 is 8.42 Å². The Morgan fingerprint density at radius 3 is 2.64 bits per heavy atom. The summed E-state index contributed by atoms with van der Waals surface area (Å²) in [4.78, 5) is 15.8. The molecule has 0 amide bonds. The Labute approximate surface area is 126 Å². The van der Waals surface area contributed by atoms with Crippen LogP contribution in [0.15, 0.2) is 29.4 Å². The summed E-state index contributed by atoms with van der Waals surface area (Å²) in [5.41, 5.74) is 2.65. The molecule has 0 radical (unpaired) electrons. The van der Waals surface area contributed by atoms with Gasteiger partial charge >= 0.3 is 0 Å². The number of nitrogens with one attached hydrogen (secondary N) is 2. The van der Waals surface area contributed by atoms with Crippen LogP contribution in [0.2, 0.25) is 0 Å². The van der Waals surface area contributed by atoms with E-state index >= 15 is 0 Å². The van der Waals surface area contributed by atoms with Crippen molar-refractivity contribution in [2.45, 2.75) is 18.7 Å². The van der Waals surface area contributed by atoms with Crippen molar-refractivity contribution >= 4 is 32.8 Å².